The van der Waals surface area contributed by atoms with Crippen LogP contribution in [0.3, 0.4) is 0 Å². The highest BCUT2D eigenvalue weighted by Crippen LogP contribution is 2.30. The molecule has 1 atom stereocenters. The molecule has 1 aliphatic heterocycles. The number of likely N-dealkylation sites (tertiary alicyclic amines) is 1. The maximum absolute atomic E-state index is 12.0. The minimum atomic E-state index is 0.137. The number of carbonyl (C=O) groups is 1. The van der Waals surface area contributed by atoms with Crippen molar-refractivity contribution in [1.82, 2.24) is 24.3 Å². The van der Waals surface area contributed by atoms with Crippen molar-refractivity contribution in [3.05, 3.63) is 42.6 Å². The van der Waals surface area contributed by atoms with Gasteiger partial charge in [-0.1, -0.05) is 6.07 Å². The van der Waals surface area contributed by atoms with E-state index in [1.54, 1.807) is 31.5 Å². The highest BCUT2D eigenvalue weighted by molar-refractivity contribution is 5.77. The molecule has 1 saturated heterocycles. The monoisotopic (exact) mass is 299 g/mol. The van der Waals surface area contributed by atoms with Gasteiger partial charge in [0.15, 0.2) is 0 Å². The number of hydrogen-bond donors (Lipinski definition) is 0. The van der Waals surface area contributed by atoms with Gasteiger partial charge in [-0.3, -0.25) is 14.3 Å². The number of amides is 1. The molecule has 0 bridgehead atoms. The van der Waals surface area contributed by atoms with E-state index >= 15 is 0 Å². The Balaban J connectivity index is 1.80. The van der Waals surface area contributed by atoms with Crippen LogP contribution in [0.15, 0.2) is 36.9 Å². The summed E-state index contributed by atoms with van der Waals surface area (Å²) in [7, 11) is 3.59. The van der Waals surface area contributed by atoms with Gasteiger partial charge in [0.1, 0.15) is 12.1 Å². The van der Waals surface area contributed by atoms with Crippen molar-refractivity contribution >= 4 is 5.91 Å². The van der Waals surface area contributed by atoms with Crippen LogP contribution in [0.1, 0.15) is 24.6 Å². The highest BCUT2D eigenvalue weighted by Gasteiger charge is 2.29. The molecule has 3 rings (SSSR count). The Morgan fingerprint density at radius 1 is 1.41 bits per heavy atom. The second-order valence-corrected chi connectivity index (χ2v) is 5.81. The molecule has 0 N–H and O–H groups in total. The lowest BCUT2D eigenvalue weighted by Crippen LogP contribution is -2.36. The molecule has 0 radical (unpaired) electrons. The smallest absolute Gasteiger partial charge is 0.236 e. The van der Waals surface area contributed by atoms with Crippen molar-refractivity contribution in [2.45, 2.75) is 18.9 Å². The summed E-state index contributed by atoms with van der Waals surface area (Å²) in [5, 5.41) is 0. The fourth-order valence-electron chi connectivity index (χ4n) is 2.83. The molecule has 6 nitrogen and oxygen atoms in total. The molecule has 1 amide bonds. The van der Waals surface area contributed by atoms with Crippen molar-refractivity contribution in [1.29, 1.82) is 0 Å². The van der Waals surface area contributed by atoms with Gasteiger partial charge in [-0.25, -0.2) is 9.97 Å². The van der Waals surface area contributed by atoms with Crippen LogP contribution in [0, 0.1) is 0 Å². The van der Waals surface area contributed by atoms with E-state index in [2.05, 4.69) is 9.88 Å². The van der Waals surface area contributed by atoms with Crippen molar-refractivity contribution in [2.75, 3.05) is 27.2 Å². The van der Waals surface area contributed by atoms with Gasteiger partial charge in [-0.05, 0) is 31.5 Å². The first-order chi connectivity index (χ1) is 10.6. The van der Waals surface area contributed by atoms with E-state index < -0.39 is 0 Å². The molecule has 1 fully saturated rings. The average molecular weight is 299 g/mol. The molecule has 2 aromatic heterocycles. The lowest BCUT2D eigenvalue weighted by atomic mass is 10.1. The summed E-state index contributed by atoms with van der Waals surface area (Å²) >= 11 is 0. The Morgan fingerprint density at radius 3 is 3.00 bits per heavy atom. The van der Waals surface area contributed by atoms with Crippen LogP contribution in [-0.4, -0.2) is 57.4 Å². The Hall–Kier alpha value is -2.21. The average Bonchev–Trinajstić information content (AvgIpc) is 3.18. The summed E-state index contributed by atoms with van der Waals surface area (Å²) in [6.07, 6.45) is 7.51. The van der Waals surface area contributed by atoms with Crippen LogP contribution >= 0.6 is 0 Å². The Labute approximate surface area is 130 Å². The van der Waals surface area contributed by atoms with Crippen LogP contribution in [-0.2, 0) is 4.79 Å². The number of rotatable bonds is 4. The summed E-state index contributed by atoms with van der Waals surface area (Å²) in [4.78, 5) is 24.7. The second-order valence-electron chi connectivity index (χ2n) is 5.81. The third-order valence-electron chi connectivity index (χ3n) is 4.07. The summed E-state index contributed by atoms with van der Waals surface area (Å²) in [6, 6.07) is 6.24. The van der Waals surface area contributed by atoms with Crippen LogP contribution < -0.4 is 0 Å². The summed E-state index contributed by atoms with van der Waals surface area (Å²) < 4.78 is 1.90. The van der Waals surface area contributed by atoms with Crippen LogP contribution in [0.2, 0.25) is 0 Å². The molecular formula is C16H21N5O. The second kappa shape index (κ2) is 6.27. The lowest BCUT2D eigenvalue weighted by molar-refractivity contribution is -0.130. The first kappa shape index (κ1) is 14.7. The number of hydrogen-bond acceptors (Lipinski definition) is 4. The third kappa shape index (κ3) is 3.01. The molecule has 0 unspecified atom stereocenters. The van der Waals surface area contributed by atoms with Crippen LogP contribution in [0.25, 0.3) is 5.82 Å². The normalized spacial score (nSPS) is 18.5. The summed E-state index contributed by atoms with van der Waals surface area (Å²) in [5.74, 6) is 0.999. The van der Waals surface area contributed by atoms with Crippen LogP contribution in [0.5, 0.6) is 0 Å². The van der Waals surface area contributed by atoms with Crippen molar-refractivity contribution in [2.24, 2.45) is 0 Å². The Morgan fingerprint density at radius 2 is 2.27 bits per heavy atom. The van der Waals surface area contributed by atoms with E-state index in [1.165, 1.54) is 0 Å². The molecular weight excluding hydrogens is 278 g/mol. The third-order valence-corrected chi connectivity index (χ3v) is 4.07. The number of nitrogens with zero attached hydrogens (tertiary/aromatic N) is 5. The number of aromatic nitrogens is 3. The van der Waals surface area contributed by atoms with E-state index in [1.807, 2.05) is 29.0 Å². The number of likely N-dealkylation sites (N-methyl/N-ethyl adjacent to an activating group) is 1. The molecule has 2 aromatic rings. The zero-order valence-electron chi connectivity index (χ0n) is 13.0. The minimum absolute atomic E-state index is 0.137. The molecule has 0 saturated carbocycles. The van der Waals surface area contributed by atoms with E-state index in [9.17, 15) is 4.79 Å². The number of pyridine rings is 1. The molecule has 1 aliphatic rings. The van der Waals surface area contributed by atoms with Crippen molar-refractivity contribution < 1.29 is 4.79 Å². The molecule has 116 valence electrons. The largest absolute Gasteiger partial charge is 0.348 e. The fourth-order valence-corrected chi connectivity index (χ4v) is 2.83. The Bertz CT molecular complexity index is 638. The predicted octanol–water partition coefficient (Wildman–Crippen LogP) is 1.49. The highest BCUT2D eigenvalue weighted by atomic mass is 16.2. The molecule has 0 aromatic carbocycles. The molecule has 0 spiro atoms. The predicted molar refractivity (Wildman–Crippen MR) is 83.6 cm³/mol. The first-order valence-electron chi connectivity index (χ1n) is 7.54. The molecule has 6 heteroatoms. The summed E-state index contributed by atoms with van der Waals surface area (Å²) in [6.45, 7) is 1.40. The van der Waals surface area contributed by atoms with Gasteiger partial charge in [0, 0.05) is 26.5 Å². The van der Waals surface area contributed by atoms with E-state index in [0.717, 1.165) is 30.9 Å². The number of carbonyl (C=O) groups excluding carboxylic acids is 1. The maximum Gasteiger partial charge on any atom is 0.236 e. The van der Waals surface area contributed by atoms with E-state index in [4.69, 9.17) is 4.98 Å². The fraction of sp³-hybridized carbons (Fsp3) is 0.438. The van der Waals surface area contributed by atoms with Crippen LogP contribution in [0.4, 0.5) is 0 Å². The van der Waals surface area contributed by atoms with Gasteiger partial charge >= 0.3 is 0 Å². The summed E-state index contributed by atoms with van der Waals surface area (Å²) in [5.41, 5.74) is 1.02. The lowest BCUT2D eigenvalue weighted by Gasteiger charge is -2.25. The topological polar surface area (TPSA) is 54.3 Å². The van der Waals surface area contributed by atoms with Gasteiger partial charge in [0.05, 0.1) is 18.3 Å². The van der Waals surface area contributed by atoms with Crippen molar-refractivity contribution in [3.8, 4) is 5.82 Å². The number of imidazole rings is 1. The van der Waals surface area contributed by atoms with E-state index in [0.29, 0.717) is 6.54 Å². The first-order valence-corrected chi connectivity index (χ1v) is 7.54. The standard InChI is InChI=1S/C16H21N5O/c1-19(2)16(22)11-20-9-4-6-14(20)13-5-3-7-15(18-13)21-10-8-17-12-21/h3,5,7-8,10,12,14H,4,6,9,11H2,1-2H3/t14-/m1/s1. The van der Waals surface area contributed by atoms with Gasteiger partial charge in [0.2, 0.25) is 5.91 Å². The van der Waals surface area contributed by atoms with Gasteiger partial charge in [-0.2, -0.15) is 0 Å². The molecule has 3 heterocycles. The minimum Gasteiger partial charge on any atom is -0.348 e. The Kier molecular flexibility index (Phi) is 4.20. The van der Waals surface area contributed by atoms with Gasteiger partial charge in [0.25, 0.3) is 0 Å². The SMILES string of the molecule is CN(C)C(=O)CN1CCC[C@@H]1c1cccc(-n2ccnc2)n1. The zero-order chi connectivity index (χ0) is 15.5. The van der Waals surface area contributed by atoms with Crippen molar-refractivity contribution in [3.63, 3.8) is 0 Å². The van der Waals surface area contributed by atoms with Gasteiger partial charge < -0.3 is 4.90 Å². The maximum atomic E-state index is 12.0. The molecule has 0 aliphatic carbocycles. The quantitative estimate of drug-likeness (QED) is 0.858. The zero-order valence-corrected chi connectivity index (χ0v) is 13.0. The van der Waals surface area contributed by atoms with Gasteiger partial charge in [-0.15, -0.1) is 0 Å². The van der Waals surface area contributed by atoms with E-state index in [-0.39, 0.29) is 11.9 Å². The molecule has 22 heavy (non-hydrogen) atoms.